The highest BCUT2D eigenvalue weighted by Crippen LogP contribution is 2.26. The summed E-state index contributed by atoms with van der Waals surface area (Å²) in [5, 5.41) is 4.00. The van der Waals surface area contributed by atoms with Crippen LogP contribution < -0.4 is 5.32 Å². The topological polar surface area (TPSA) is 57.6 Å². The molecule has 6 nitrogen and oxygen atoms in total. The van der Waals surface area contributed by atoms with Gasteiger partial charge in [-0.15, -0.1) is 0 Å². The first-order valence-electron chi connectivity index (χ1n) is 9.59. The number of nitrogens with zero attached hydrogens (tertiary/aromatic N) is 3. The number of aryl methyl sites for hydroxylation is 1. The van der Waals surface area contributed by atoms with Crippen LogP contribution in [0, 0.1) is 6.92 Å². The maximum absolute atomic E-state index is 13.3. The minimum atomic E-state index is -0.265. The average Bonchev–Trinajstić information content (AvgIpc) is 2.78. The summed E-state index contributed by atoms with van der Waals surface area (Å²) in [6.45, 7) is 10.4. The molecule has 3 amide bonds. The fourth-order valence-corrected chi connectivity index (χ4v) is 3.67. The van der Waals surface area contributed by atoms with Crippen LogP contribution in [0.5, 0.6) is 0 Å². The van der Waals surface area contributed by atoms with Gasteiger partial charge in [-0.1, -0.05) is 18.2 Å². The maximum Gasteiger partial charge on any atom is 0.317 e. The number of fused-ring (bicyclic) bond motifs is 1. The minimum Gasteiger partial charge on any atom is -0.347 e. The zero-order valence-corrected chi connectivity index (χ0v) is 17.0. The van der Waals surface area contributed by atoms with Gasteiger partial charge < -0.3 is 19.7 Å². The standard InChI is InChI=1S/C21H30N4O2/c1-15-18(16-9-6-7-10-17(16)23(15)5)19(26)24-11-8-12-25(14-13-24)20(27)22-21(2,3)4/h6-7,9-10H,8,11-14H2,1-5H3,(H,22,27). The van der Waals surface area contributed by atoms with Crippen molar-refractivity contribution in [1.82, 2.24) is 19.7 Å². The molecule has 1 saturated heterocycles. The fraction of sp³-hybridized carbons (Fsp3) is 0.524. The second-order valence-corrected chi connectivity index (χ2v) is 8.35. The molecule has 0 radical (unpaired) electrons. The molecule has 1 aromatic heterocycles. The van der Waals surface area contributed by atoms with E-state index in [1.807, 2.05) is 68.8 Å². The smallest absolute Gasteiger partial charge is 0.317 e. The molecule has 2 aromatic rings. The van der Waals surface area contributed by atoms with Gasteiger partial charge in [0.15, 0.2) is 0 Å². The maximum atomic E-state index is 13.3. The normalized spacial score (nSPS) is 15.7. The van der Waals surface area contributed by atoms with Crippen LogP contribution >= 0.6 is 0 Å². The number of rotatable bonds is 1. The summed E-state index contributed by atoms with van der Waals surface area (Å²) >= 11 is 0. The van der Waals surface area contributed by atoms with Gasteiger partial charge in [-0.25, -0.2) is 4.79 Å². The predicted molar refractivity (Wildman–Crippen MR) is 108 cm³/mol. The Balaban J connectivity index is 1.78. The van der Waals surface area contributed by atoms with Crippen LogP contribution in [0.15, 0.2) is 24.3 Å². The molecule has 1 N–H and O–H groups in total. The van der Waals surface area contributed by atoms with Crippen LogP contribution in [0.3, 0.4) is 0 Å². The van der Waals surface area contributed by atoms with Crippen LogP contribution in [0.1, 0.15) is 43.2 Å². The van der Waals surface area contributed by atoms with Gasteiger partial charge in [0.05, 0.1) is 5.56 Å². The van der Waals surface area contributed by atoms with Crippen molar-refractivity contribution >= 4 is 22.8 Å². The van der Waals surface area contributed by atoms with Crippen molar-refractivity contribution in [2.45, 2.75) is 39.7 Å². The Kier molecular flexibility index (Phi) is 5.18. The molecule has 0 aliphatic carbocycles. The Labute approximate surface area is 161 Å². The summed E-state index contributed by atoms with van der Waals surface area (Å²) in [5.41, 5.74) is 2.56. The van der Waals surface area contributed by atoms with Crippen molar-refractivity contribution in [3.8, 4) is 0 Å². The molecule has 1 aromatic carbocycles. The Hall–Kier alpha value is -2.50. The van der Waals surface area contributed by atoms with Crippen LogP contribution in [0.2, 0.25) is 0 Å². The third kappa shape index (κ3) is 3.94. The lowest BCUT2D eigenvalue weighted by Gasteiger charge is -2.27. The number of aromatic nitrogens is 1. The molecule has 146 valence electrons. The van der Waals surface area contributed by atoms with E-state index >= 15 is 0 Å². The van der Waals surface area contributed by atoms with Crippen molar-refractivity contribution in [3.05, 3.63) is 35.5 Å². The van der Waals surface area contributed by atoms with Gasteiger partial charge in [0.25, 0.3) is 5.91 Å². The van der Waals surface area contributed by atoms with E-state index in [1.54, 1.807) is 0 Å². The first kappa shape index (κ1) is 19.3. The van der Waals surface area contributed by atoms with E-state index in [0.717, 1.165) is 28.6 Å². The third-order valence-corrected chi connectivity index (χ3v) is 5.17. The van der Waals surface area contributed by atoms with Crippen LogP contribution in [-0.2, 0) is 7.05 Å². The largest absolute Gasteiger partial charge is 0.347 e. The molecule has 27 heavy (non-hydrogen) atoms. The molecule has 0 unspecified atom stereocenters. The zero-order valence-electron chi connectivity index (χ0n) is 17.0. The summed E-state index contributed by atoms with van der Waals surface area (Å²) in [5.74, 6) is 0.0578. The monoisotopic (exact) mass is 370 g/mol. The van der Waals surface area contributed by atoms with Crippen molar-refractivity contribution in [3.63, 3.8) is 0 Å². The number of para-hydroxylation sites is 1. The third-order valence-electron chi connectivity index (χ3n) is 5.17. The fourth-order valence-electron chi connectivity index (χ4n) is 3.67. The number of urea groups is 1. The molecule has 3 rings (SSSR count). The van der Waals surface area contributed by atoms with Crippen LogP contribution in [-0.4, -0.2) is 58.0 Å². The second kappa shape index (κ2) is 7.25. The Morgan fingerprint density at radius 3 is 2.33 bits per heavy atom. The van der Waals surface area contributed by atoms with Gasteiger partial charge in [-0.2, -0.15) is 0 Å². The van der Waals surface area contributed by atoms with Gasteiger partial charge >= 0.3 is 6.03 Å². The zero-order chi connectivity index (χ0) is 19.8. The number of hydrogen-bond donors (Lipinski definition) is 1. The minimum absolute atomic E-state index is 0.0573. The first-order valence-corrected chi connectivity index (χ1v) is 9.59. The summed E-state index contributed by atoms with van der Waals surface area (Å²) in [6.07, 6.45) is 0.785. The Bertz CT molecular complexity index is 863. The predicted octanol–water partition coefficient (Wildman–Crippen LogP) is 3.14. The van der Waals surface area contributed by atoms with Crippen LogP contribution in [0.25, 0.3) is 10.9 Å². The van der Waals surface area contributed by atoms with E-state index in [0.29, 0.717) is 26.2 Å². The number of hydrogen-bond acceptors (Lipinski definition) is 2. The molecular weight excluding hydrogens is 340 g/mol. The number of carbonyl (C=O) groups is 2. The Morgan fingerprint density at radius 2 is 1.63 bits per heavy atom. The van der Waals surface area contributed by atoms with Crippen molar-refractivity contribution < 1.29 is 9.59 Å². The summed E-state index contributed by atoms with van der Waals surface area (Å²) in [6, 6.07) is 7.96. The molecular formula is C21H30N4O2. The summed E-state index contributed by atoms with van der Waals surface area (Å²) in [4.78, 5) is 29.5. The van der Waals surface area contributed by atoms with Crippen molar-refractivity contribution in [2.24, 2.45) is 7.05 Å². The Morgan fingerprint density at radius 1 is 1.00 bits per heavy atom. The van der Waals surface area contributed by atoms with E-state index in [4.69, 9.17) is 0 Å². The molecule has 1 aliphatic rings. The van der Waals surface area contributed by atoms with Crippen molar-refractivity contribution in [2.75, 3.05) is 26.2 Å². The van der Waals surface area contributed by atoms with E-state index in [2.05, 4.69) is 9.88 Å². The van der Waals surface area contributed by atoms with Crippen molar-refractivity contribution in [1.29, 1.82) is 0 Å². The van der Waals surface area contributed by atoms with Gasteiger partial charge in [0.1, 0.15) is 0 Å². The van der Waals surface area contributed by atoms with Gasteiger partial charge in [-0.05, 0) is 40.2 Å². The highest BCUT2D eigenvalue weighted by Gasteiger charge is 2.27. The van der Waals surface area contributed by atoms with Gasteiger partial charge in [-0.3, -0.25) is 4.79 Å². The lowest BCUT2D eigenvalue weighted by atomic mass is 10.1. The molecule has 0 spiro atoms. The second-order valence-electron chi connectivity index (χ2n) is 8.35. The van der Waals surface area contributed by atoms with E-state index < -0.39 is 0 Å². The van der Waals surface area contributed by atoms with E-state index in [1.165, 1.54) is 0 Å². The highest BCUT2D eigenvalue weighted by molar-refractivity contribution is 6.08. The molecule has 0 saturated carbocycles. The van der Waals surface area contributed by atoms with Gasteiger partial charge in [0, 0.05) is 55.4 Å². The van der Waals surface area contributed by atoms with E-state index in [9.17, 15) is 9.59 Å². The highest BCUT2D eigenvalue weighted by atomic mass is 16.2. The molecule has 6 heteroatoms. The summed E-state index contributed by atoms with van der Waals surface area (Å²) in [7, 11) is 2.00. The number of amides is 3. The summed E-state index contributed by atoms with van der Waals surface area (Å²) < 4.78 is 2.07. The average molecular weight is 370 g/mol. The molecule has 0 atom stereocenters. The molecule has 2 heterocycles. The lowest BCUT2D eigenvalue weighted by Crippen LogP contribution is -2.49. The number of benzene rings is 1. The van der Waals surface area contributed by atoms with Crippen LogP contribution in [0.4, 0.5) is 4.79 Å². The molecule has 1 aliphatic heterocycles. The molecule has 1 fully saturated rings. The van der Waals surface area contributed by atoms with Gasteiger partial charge in [0.2, 0.25) is 0 Å². The number of carbonyl (C=O) groups excluding carboxylic acids is 2. The lowest BCUT2D eigenvalue weighted by molar-refractivity contribution is 0.0763. The molecule has 0 bridgehead atoms. The SMILES string of the molecule is Cc1c(C(=O)N2CCCN(C(=O)NC(C)(C)C)CC2)c2ccccc2n1C. The quantitative estimate of drug-likeness (QED) is 0.838. The number of nitrogens with one attached hydrogen (secondary N) is 1. The van der Waals surface area contributed by atoms with E-state index in [-0.39, 0.29) is 17.5 Å². The first-order chi connectivity index (χ1) is 12.7.